The molecule has 3 rings (SSSR count). The first-order valence-corrected chi connectivity index (χ1v) is 7.42. The maximum atomic E-state index is 13.9. The number of carbonyl (C=O) groups is 1. The first kappa shape index (κ1) is 17.4. The molecule has 1 heterocycles. The highest BCUT2D eigenvalue weighted by atomic mass is 35.5. The van der Waals surface area contributed by atoms with Crippen LogP contribution in [0.5, 0.6) is 0 Å². The topological polar surface area (TPSA) is 32.3 Å². The number of benzene rings is 2. The van der Waals surface area contributed by atoms with E-state index < -0.39 is 0 Å². The highest BCUT2D eigenvalue weighted by Gasteiger charge is 2.22. The monoisotopic (exact) mass is 334 g/mol. The van der Waals surface area contributed by atoms with Crippen molar-refractivity contribution in [3.63, 3.8) is 0 Å². The number of fused-ring (bicyclic) bond motifs is 1. The molecule has 0 radical (unpaired) electrons. The second kappa shape index (κ2) is 7.11. The molecule has 23 heavy (non-hydrogen) atoms. The Morgan fingerprint density at radius 3 is 2.61 bits per heavy atom. The standard InChI is InChI=1S/C18H19FN2O.ClH/c1-12(16-5-3-4-6-17(16)19)21(2)18(22)13-7-8-14-10-20-11-15(14)9-13;/h3-9,12,20H,10-11H2,1-2H3;1H. The van der Waals surface area contributed by atoms with E-state index in [1.807, 2.05) is 25.1 Å². The smallest absolute Gasteiger partial charge is 0.254 e. The number of hydrogen-bond acceptors (Lipinski definition) is 2. The Hall–Kier alpha value is -1.91. The van der Waals surface area contributed by atoms with Gasteiger partial charge in [-0.15, -0.1) is 12.4 Å². The molecule has 0 saturated heterocycles. The third-order valence-corrected chi connectivity index (χ3v) is 4.34. The number of nitrogens with zero attached hydrogens (tertiary/aromatic N) is 1. The fourth-order valence-electron chi connectivity index (χ4n) is 2.83. The van der Waals surface area contributed by atoms with Crippen LogP contribution in [-0.4, -0.2) is 17.9 Å². The number of carbonyl (C=O) groups excluding carboxylic acids is 1. The molecule has 0 saturated carbocycles. The van der Waals surface area contributed by atoms with Crippen LogP contribution in [0, 0.1) is 5.82 Å². The zero-order chi connectivity index (χ0) is 15.7. The molecule has 0 aromatic heterocycles. The Labute approximate surface area is 141 Å². The SMILES string of the molecule is CC(c1ccccc1F)N(C)C(=O)c1ccc2c(c1)CNC2.Cl. The van der Waals surface area contributed by atoms with Gasteiger partial charge in [-0.1, -0.05) is 24.3 Å². The Balaban J connectivity index is 0.00000192. The molecule has 0 spiro atoms. The first-order valence-electron chi connectivity index (χ1n) is 7.42. The second-order valence-corrected chi connectivity index (χ2v) is 5.70. The fourth-order valence-corrected chi connectivity index (χ4v) is 2.83. The summed E-state index contributed by atoms with van der Waals surface area (Å²) in [5.41, 5.74) is 3.58. The maximum absolute atomic E-state index is 13.9. The van der Waals surface area contributed by atoms with Crippen LogP contribution >= 0.6 is 12.4 Å². The summed E-state index contributed by atoms with van der Waals surface area (Å²) in [6.07, 6.45) is 0. The van der Waals surface area contributed by atoms with Crippen molar-refractivity contribution in [1.29, 1.82) is 0 Å². The average Bonchev–Trinajstić information content (AvgIpc) is 3.00. The summed E-state index contributed by atoms with van der Waals surface area (Å²) >= 11 is 0. The molecule has 2 aromatic rings. The predicted molar refractivity (Wildman–Crippen MR) is 91.1 cm³/mol. The quantitative estimate of drug-likeness (QED) is 0.928. The molecule has 5 heteroatoms. The normalized spacial score (nSPS) is 13.9. The molecule has 0 fully saturated rings. The zero-order valence-electron chi connectivity index (χ0n) is 13.2. The van der Waals surface area contributed by atoms with Crippen molar-refractivity contribution in [1.82, 2.24) is 10.2 Å². The van der Waals surface area contributed by atoms with Crippen LogP contribution in [0.1, 0.15) is 40.0 Å². The summed E-state index contributed by atoms with van der Waals surface area (Å²) in [7, 11) is 1.71. The maximum Gasteiger partial charge on any atom is 0.254 e. The van der Waals surface area contributed by atoms with Crippen LogP contribution in [-0.2, 0) is 13.1 Å². The molecule has 1 unspecified atom stereocenters. The van der Waals surface area contributed by atoms with E-state index in [0.717, 1.165) is 18.7 Å². The molecule has 1 aliphatic rings. The lowest BCUT2D eigenvalue weighted by Crippen LogP contribution is -2.30. The van der Waals surface area contributed by atoms with E-state index in [1.54, 1.807) is 30.1 Å². The van der Waals surface area contributed by atoms with Crippen LogP contribution < -0.4 is 5.32 Å². The van der Waals surface area contributed by atoms with E-state index in [-0.39, 0.29) is 30.2 Å². The van der Waals surface area contributed by atoms with Crippen LogP contribution in [0.3, 0.4) is 0 Å². The van der Waals surface area contributed by atoms with Gasteiger partial charge in [-0.05, 0) is 36.2 Å². The summed E-state index contributed by atoms with van der Waals surface area (Å²) < 4.78 is 13.9. The van der Waals surface area contributed by atoms with E-state index >= 15 is 0 Å². The molecule has 3 nitrogen and oxygen atoms in total. The molecule has 1 amide bonds. The summed E-state index contributed by atoms with van der Waals surface area (Å²) in [6.45, 7) is 3.49. The van der Waals surface area contributed by atoms with Gasteiger partial charge in [-0.2, -0.15) is 0 Å². The molecule has 0 bridgehead atoms. The van der Waals surface area contributed by atoms with Crippen LogP contribution in [0.25, 0.3) is 0 Å². The molecule has 1 N–H and O–H groups in total. The van der Waals surface area contributed by atoms with Gasteiger partial charge >= 0.3 is 0 Å². The first-order chi connectivity index (χ1) is 10.6. The Kier molecular flexibility index (Phi) is 5.39. The van der Waals surface area contributed by atoms with E-state index in [9.17, 15) is 9.18 Å². The molecule has 0 aliphatic carbocycles. The Bertz CT molecular complexity index is 720. The van der Waals surface area contributed by atoms with Crippen molar-refractivity contribution in [3.05, 3.63) is 70.5 Å². The number of halogens is 2. The van der Waals surface area contributed by atoms with Gasteiger partial charge in [-0.3, -0.25) is 4.79 Å². The third kappa shape index (κ3) is 3.38. The van der Waals surface area contributed by atoms with Gasteiger partial charge in [-0.25, -0.2) is 4.39 Å². The summed E-state index contributed by atoms with van der Waals surface area (Å²) in [6, 6.07) is 12.0. The van der Waals surface area contributed by atoms with Gasteiger partial charge in [0.1, 0.15) is 5.82 Å². The largest absolute Gasteiger partial charge is 0.335 e. The highest BCUT2D eigenvalue weighted by molar-refractivity contribution is 5.94. The van der Waals surface area contributed by atoms with Gasteiger partial charge in [0.2, 0.25) is 0 Å². The van der Waals surface area contributed by atoms with E-state index in [1.165, 1.54) is 11.6 Å². The second-order valence-electron chi connectivity index (χ2n) is 5.70. The molecule has 122 valence electrons. The van der Waals surface area contributed by atoms with Crippen molar-refractivity contribution >= 4 is 18.3 Å². The number of amides is 1. The minimum Gasteiger partial charge on any atom is -0.335 e. The molecule has 1 aliphatic heterocycles. The van der Waals surface area contributed by atoms with Crippen LogP contribution in [0.15, 0.2) is 42.5 Å². The lowest BCUT2D eigenvalue weighted by atomic mass is 10.0. The molecule has 2 aromatic carbocycles. The minimum absolute atomic E-state index is 0. The van der Waals surface area contributed by atoms with E-state index in [4.69, 9.17) is 0 Å². The van der Waals surface area contributed by atoms with Crippen LogP contribution in [0.4, 0.5) is 4.39 Å². The summed E-state index contributed by atoms with van der Waals surface area (Å²) in [5.74, 6) is -0.377. The van der Waals surface area contributed by atoms with Gasteiger partial charge in [0.15, 0.2) is 0 Å². The van der Waals surface area contributed by atoms with Crippen LogP contribution in [0.2, 0.25) is 0 Å². The summed E-state index contributed by atoms with van der Waals surface area (Å²) in [5, 5.41) is 3.26. The lowest BCUT2D eigenvalue weighted by Gasteiger charge is -2.26. The minimum atomic E-state index is -0.319. The van der Waals surface area contributed by atoms with Crippen molar-refractivity contribution < 1.29 is 9.18 Å². The van der Waals surface area contributed by atoms with Crippen molar-refractivity contribution in [2.75, 3.05) is 7.05 Å². The van der Waals surface area contributed by atoms with Gasteiger partial charge in [0.25, 0.3) is 5.91 Å². The Morgan fingerprint density at radius 1 is 1.17 bits per heavy atom. The lowest BCUT2D eigenvalue weighted by molar-refractivity contribution is 0.0740. The predicted octanol–water partition coefficient (Wildman–Crippen LogP) is 3.68. The third-order valence-electron chi connectivity index (χ3n) is 4.34. The zero-order valence-corrected chi connectivity index (χ0v) is 14.0. The van der Waals surface area contributed by atoms with E-state index in [0.29, 0.717) is 11.1 Å². The molecular formula is C18H20ClFN2O. The van der Waals surface area contributed by atoms with Crippen molar-refractivity contribution in [3.8, 4) is 0 Å². The van der Waals surface area contributed by atoms with Crippen molar-refractivity contribution in [2.24, 2.45) is 0 Å². The van der Waals surface area contributed by atoms with Gasteiger partial charge in [0, 0.05) is 31.3 Å². The van der Waals surface area contributed by atoms with Crippen molar-refractivity contribution in [2.45, 2.75) is 26.1 Å². The molecule has 1 atom stereocenters. The van der Waals surface area contributed by atoms with Gasteiger partial charge < -0.3 is 10.2 Å². The number of hydrogen-bond donors (Lipinski definition) is 1. The summed E-state index contributed by atoms with van der Waals surface area (Å²) in [4.78, 5) is 14.2. The Morgan fingerprint density at radius 2 is 1.87 bits per heavy atom. The molecular weight excluding hydrogens is 315 g/mol. The fraction of sp³-hybridized carbons (Fsp3) is 0.278. The highest BCUT2D eigenvalue weighted by Crippen LogP contribution is 2.24. The average molecular weight is 335 g/mol. The number of rotatable bonds is 3. The van der Waals surface area contributed by atoms with Gasteiger partial charge in [0.05, 0.1) is 6.04 Å². The number of nitrogens with one attached hydrogen (secondary N) is 1. The van der Waals surface area contributed by atoms with E-state index in [2.05, 4.69) is 5.32 Å².